The van der Waals surface area contributed by atoms with Crippen molar-refractivity contribution in [2.45, 2.75) is 6.04 Å². The molecular weight excluding hydrogens is 274 g/mol. The number of furan rings is 1. The zero-order chi connectivity index (χ0) is 13.0. The van der Waals surface area contributed by atoms with E-state index in [4.69, 9.17) is 26.0 Å². The van der Waals surface area contributed by atoms with Crippen LogP contribution >= 0.6 is 23.1 Å². The third-order valence-electron chi connectivity index (χ3n) is 2.29. The number of nitrogens with zero attached hydrogens (tertiary/aromatic N) is 2. The average molecular weight is 284 g/mol. The molecule has 0 radical (unpaired) electrons. The van der Waals surface area contributed by atoms with E-state index in [1.807, 2.05) is 12.1 Å². The first kappa shape index (κ1) is 12.9. The Morgan fingerprint density at radius 3 is 3.17 bits per heavy atom. The van der Waals surface area contributed by atoms with E-state index in [0.29, 0.717) is 17.2 Å². The molecule has 94 valence electrons. The van der Waals surface area contributed by atoms with Gasteiger partial charge in [-0.2, -0.15) is 9.64 Å². The molecule has 18 heavy (non-hydrogen) atoms. The van der Waals surface area contributed by atoms with Crippen LogP contribution in [0.1, 0.15) is 17.4 Å². The van der Waals surface area contributed by atoms with E-state index in [0.717, 1.165) is 17.3 Å². The smallest absolute Gasteiger partial charge is 0.162 e. The van der Waals surface area contributed by atoms with E-state index in [1.54, 1.807) is 19.4 Å². The average Bonchev–Trinajstić information content (AvgIpc) is 2.98. The van der Waals surface area contributed by atoms with Crippen molar-refractivity contribution in [3.05, 3.63) is 34.9 Å². The van der Waals surface area contributed by atoms with Gasteiger partial charge in [0.2, 0.25) is 0 Å². The Morgan fingerprint density at radius 1 is 1.72 bits per heavy atom. The maximum absolute atomic E-state index is 9.00. The van der Waals surface area contributed by atoms with Gasteiger partial charge in [0.05, 0.1) is 12.9 Å². The van der Waals surface area contributed by atoms with Gasteiger partial charge in [0.15, 0.2) is 5.15 Å². The molecule has 2 heterocycles. The Labute approximate surface area is 113 Å². The van der Waals surface area contributed by atoms with E-state index in [-0.39, 0.29) is 11.2 Å². The number of hydrogen-bond donors (Lipinski definition) is 1. The predicted octanol–water partition coefficient (Wildman–Crippen LogP) is 3.06. The summed E-state index contributed by atoms with van der Waals surface area (Å²) in [5.41, 5.74) is 0.342. The summed E-state index contributed by atoms with van der Waals surface area (Å²) in [7, 11) is 1.60. The molecule has 1 unspecified atom stereocenters. The Morgan fingerprint density at radius 2 is 2.56 bits per heavy atom. The third-order valence-corrected chi connectivity index (χ3v) is 3.44. The highest BCUT2D eigenvalue weighted by atomic mass is 35.5. The number of ether oxygens (including phenoxy) is 1. The summed E-state index contributed by atoms with van der Waals surface area (Å²) in [6.45, 7) is 0.411. The van der Waals surface area contributed by atoms with Crippen LogP contribution in [0.15, 0.2) is 22.8 Å². The number of aromatic nitrogens is 1. The van der Waals surface area contributed by atoms with Gasteiger partial charge in [-0.3, -0.25) is 0 Å². The quantitative estimate of drug-likeness (QED) is 0.913. The standard InChI is InChI=1S/C11H10ClN3O2S/c1-16-6-8(9-3-2-4-17-9)14-11-7(5-13)10(12)15-18-11/h2-4,8,14H,6H2,1H3. The molecule has 2 rings (SSSR count). The number of methoxy groups -OCH3 is 1. The summed E-state index contributed by atoms with van der Waals surface area (Å²) < 4.78 is 14.4. The maximum atomic E-state index is 9.00. The van der Waals surface area contributed by atoms with Gasteiger partial charge in [-0.15, -0.1) is 0 Å². The fourth-order valence-electron chi connectivity index (χ4n) is 1.48. The van der Waals surface area contributed by atoms with Crippen molar-refractivity contribution in [2.24, 2.45) is 0 Å². The van der Waals surface area contributed by atoms with Gasteiger partial charge in [0.25, 0.3) is 0 Å². The molecule has 0 bridgehead atoms. The van der Waals surface area contributed by atoms with E-state index >= 15 is 0 Å². The maximum Gasteiger partial charge on any atom is 0.162 e. The normalized spacial score (nSPS) is 12.1. The van der Waals surface area contributed by atoms with Crippen molar-refractivity contribution in [3.8, 4) is 6.07 Å². The van der Waals surface area contributed by atoms with Crippen LogP contribution in [0, 0.1) is 11.3 Å². The van der Waals surface area contributed by atoms with Gasteiger partial charge >= 0.3 is 0 Å². The molecule has 0 amide bonds. The fraction of sp³-hybridized carbons (Fsp3) is 0.273. The molecule has 1 atom stereocenters. The zero-order valence-electron chi connectivity index (χ0n) is 9.51. The molecule has 2 aromatic heterocycles. The highest BCUT2D eigenvalue weighted by Crippen LogP contribution is 2.31. The first-order valence-corrected chi connectivity index (χ1v) is 6.25. The number of hydrogen-bond acceptors (Lipinski definition) is 6. The van der Waals surface area contributed by atoms with Crippen LogP contribution in [0.5, 0.6) is 0 Å². The Bertz CT molecular complexity index is 547. The summed E-state index contributed by atoms with van der Waals surface area (Å²) in [5, 5.41) is 13.0. The molecule has 1 N–H and O–H groups in total. The van der Waals surface area contributed by atoms with Crippen molar-refractivity contribution in [2.75, 3.05) is 19.0 Å². The number of halogens is 1. The molecule has 7 heteroatoms. The summed E-state index contributed by atoms with van der Waals surface area (Å²) >= 11 is 6.95. The topological polar surface area (TPSA) is 71.1 Å². The van der Waals surface area contributed by atoms with Gasteiger partial charge in [0.1, 0.15) is 28.4 Å². The molecule has 0 aliphatic rings. The second kappa shape index (κ2) is 5.87. The largest absolute Gasteiger partial charge is 0.467 e. The molecule has 0 saturated carbocycles. The summed E-state index contributed by atoms with van der Waals surface area (Å²) in [5.74, 6) is 0.727. The lowest BCUT2D eigenvalue weighted by Crippen LogP contribution is -2.15. The Hall–Kier alpha value is -1.55. The van der Waals surface area contributed by atoms with Crippen molar-refractivity contribution in [1.29, 1.82) is 5.26 Å². The number of nitrogens with one attached hydrogen (secondary N) is 1. The SMILES string of the molecule is COCC(Nc1snc(Cl)c1C#N)c1ccco1. The molecule has 0 aromatic carbocycles. The monoisotopic (exact) mass is 283 g/mol. The zero-order valence-corrected chi connectivity index (χ0v) is 11.1. The Kier molecular flexibility index (Phi) is 4.20. The van der Waals surface area contributed by atoms with Crippen molar-refractivity contribution < 1.29 is 9.15 Å². The van der Waals surface area contributed by atoms with Crippen LogP contribution in [-0.4, -0.2) is 18.1 Å². The van der Waals surface area contributed by atoms with Crippen LogP contribution in [-0.2, 0) is 4.74 Å². The van der Waals surface area contributed by atoms with Crippen LogP contribution in [0.3, 0.4) is 0 Å². The van der Waals surface area contributed by atoms with Crippen molar-refractivity contribution in [3.63, 3.8) is 0 Å². The van der Waals surface area contributed by atoms with E-state index in [1.165, 1.54) is 0 Å². The van der Waals surface area contributed by atoms with Crippen LogP contribution in [0.25, 0.3) is 0 Å². The van der Waals surface area contributed by atoms with E-state index in [2.05, 4.69) is 9.69 Å². The second-order valence-corrected chi connectivity index (χ2v) is 4.59. The molecule has 0 aliphatic carbocycles. The Balaban J connectivity index is 2.22. The fourth-order valence-corrected chi connectivity index (χ4v) is 2.46. The first-order valence-electron chi connectivity index (χ1n) is 5.10. The van der Waals surface area contributed by atoms with Gasteiger partial charge < -0.3 is 14.5 Å². The van der Waals surface area contributed by atoms with Crippen LogP contribution in [0.2, 0.25) is 5.15 Å². The highest BCUT2D eigenvalue weighted by molar-refractivity contribution is 7.10. The van der Waals surface area contributed by atoms with Gasteiger partial charge in [-0.1, -0.05) is 11.6 Å². The van der Waals surface area contributed by atoms with Crippen molar-refractivity contribution >= 4 is 28.1 Å². The highest BCUT2D eigenvalue weighted by Gasteiger charge is 2.19. The minimum Gasteiger partial charge on any atom is -0.467 e. The molecule has 0 saturated heterocycles. The van der Waals surface area contributed by atoms with Crippen molar-refractivity contribution in [1.82, 2.24) is 4.37 Å². The first-order chi connectivity index (χ1) is 8.76. The van der Waals surface area contributed by atoms with Gasteiger partial charge in [-0.05, 0) is 23.7 Å². The van der Waals surface area contributed by atoms with Crippen LogP contribution < -0.4 is 5.32 Å². The minimum atomic E-state index is -0.186. The molecule has 0 spiro atoms. The minimum absolute atomic E-state index is 0.186. The van der Waals surface area contributed by atoms with Gasteiger partial charge in [0, 0.05) is 7.11 Å². The van der Waals surface area contributed by atoms with Crippen LogP contribution in [0.4, 0.5) is 5.00 Å². The van der Waals surface area contributed by atoms with E-state index in [9.17, 15) is 0 Å². The second-order valence-electron chi connectivity index (χ2n) is 3.46. The third kappa shape index (κ3) is 2.64. The summed E-state index contributed by atoms with van der Waals surface area (Å²) in [6, 6.07) is 5.47. The number of anilines is 1. The lowest BCUT2D eigenvalue weighted by atomic mass is 10.2. The molecule has 0 aliphatic heterocycles. The molecule has 0 fully saturated rings. The number of nitriles is 1. The predicted molar refractivity (Wildman–Crippen MR) is 68.8 cm³/mol. The summed E-state index contributed by atoms with van der Waals surface area (Å²) in [6.07, 6.45) is 1.59. The molecular formula is C11H10ClN3O2S. The molecule has 5 nitrogen and oxygen atoms in total. The summed E-state index contributed by atoms with van der Waals surface area (Å²) in [4.78, 5) is 0. The number of rotatable bonds is 5. The lowest BCUT2D eigenvalue weighted by Gasteiger charge is -2.15. The van der Waals surface area contributed by atoms with E-state index < -0.39 is 0 Å². The van der Waals surface area contributed by atoms with Gasteiger partial charge in [-0.25, -0.2) is 0 Å². The molecule has 2 aromatic rings. The lowest BCUT2D eigenvalue weighted by molar-refractivity contribution is 0.179.